The summed E-state index contributed by atoms with van der Waals surface area (Å²) in [7, 11) is 0. The van der Waals surface area contributed by atoms with Gasteiger partial charge in [-0.2, -0.15) is 0 Å². The van der Waals surface area contributed by atoms with Gasteiger partial charge in [-0.3, -0.25) is 43.2 Å². The van der Waals surface area contributed by atoms with Gasteiger partial charge in [0.2, 0.25) is 35.6 Å². The summed E-state index contributed by atoms with van der Waals surface area (Å²) >= 11 is 0. The number of amides is 7. The molecule has 1 saturated heterocycles. The van der Waals surface area contributed by atoms with Crippen molar-refractivity contribution in [3.05, 3.63) is 0 Å². The lowest BCUT2D eigenvalue weighted by Gasteiger charge is -2.30. The standard InChI is InChI=1S/C30H48N8O16/c1-10(2)13-5-16(42)15(9-39)35-25(48)14(7-32-6-11(3)40)34-29(52)20(30(53)54)38-26(49)17(43)8-33-27(50)18(12(4)41)36-28(51)19(37-24(13)47)21(44)22(45)23(31)46/h10,12-15,17-22,32,39,41,43-45H,5-9H2,1-4H3,(H2,31,46)(H,33,50)(H,34,52)(H,35,48)(H,36,51)(H,37,47)(H,38,49)(H,53,54). The Hall–Kier alpha value is -5.14. The molecule has 0 aromatic heterocycles. The Morgan fingerprint density at radius 2 is 1.37 bits per heavy atom. The zero-order valence-corrected chi connectivity index (χ0v) is 29.7. The quantitative estimate of drug-likeness (QED) is 0.0866. The van der Waals surface area contributed by atoms with E-state index in [-0.39, 0.29) is 6.54 Å². The number of ketones is 2. The molecule has 0 aliphatic carbocycles. The van der Waals surface area contributed by atoms with Crippen LogP contribution in [0.3, 0.4) is 0 Å². The Morgan fingerprint density at radius 3 is 1.87 bits per heavy atom. The summed E-state index contributed by atoms with van der Waals surface area (Å²) in [5, 5.41) is 75.5. The molecule has 0 aromatic carbocycles. The molecule has 0 spiro atoms. The van der Waals surface area contributed by atoms with Crippen molar-refractivity contribution in [2.24, 2.45) is 17.6 Å². The van der Waals surface area contributed by atoms with E-state index in [4.69, 9.17) is 5.73 Å². The molecule has 1 aliphatic rings. The van der Waals surface area contributed by atoms with E-state index in [1.807, 2.05) is 16.0 Å². The van der Waals surface area contributed by atoms with Crippen LogP contribution >= 0.6 is 0 Å². The largest absolute Gasteiger partial charge is 0.479 e. The highest BCUT2D eigenvalue weighted by Crippen LogP contribution is 2.18. The second kappa shape index (κ2) is 21.5. The molecule has 0 radical (unpaired) electrons. The summed E-state index contributed by atoms with van der Waals surface area (Å²) in [4.78, 5) is 127. The molecule has 1 aliphatic heterocycles. The minimum absolute atomic E-state index is 0.343. The number of carboxylic acids is 1. The molecule has 1 heterocycles. The van der Waals surface area contributed by atoms with Gasteiger partial charge in [0, 0.05) is 18.9 Å². The summed E-state index contributed by atoms with van der Waals surface area (Å²) in [6.07, 6.45) is -9.81. The maximum Gasteiger partial charge on any atom is 0.336 e. The predicted molar refractivity (Wildman–Crippen MR) is 178 cm³/mol. The van der Waals surface area contributed by atoms with Crippen LogP contribution in [-0.4, -0.2) is 170 Å². The number of aliphatic hydroxyl groups is 5. The molecule has 24 heteroatoms. The third kappa shape index (κ3) is 14.0. The van der Waals surface area contributed by atoms with Gasteiger partial charge in [-0.05, 0) is 19.8 Å². The maximum atomic E-state index is 13.5. The molecule has 10 unspecified atom stereocenters. The Balaban J connectivity index is 3.76. The first-order valence-corrected chi connectivity index (χ1v) is 16.4. The van der Waals surface area contributed by atoms with Gasteiger partial charge in [0.15, 0.2) is 11.9 Å². The predicted octanol–water partition coefficient (Wildman–Crippen LogP) is -9.02. The Kier molecular flexibility index (Phi) is 18.7. The van der Waals surface area contributed by atoms with E-state index in [0.717, 1.165) is 6.92 Å². The van der Waals surface area contributed by atoms with Gasteiger partial charge >= 0.3 is 5.97 Å². The number of rotatable bonds is 11. The summed E-state index contributed by atoms with van der Waals surface area (Å²) < 4.78 is 0. The van der Waals surface area contributed by atoms with Crippen LogP contribution in [0, 0.1) is 11.8 Å². The molecule has 24 nitrogen and oxygen atoms in total. The lowest BCUT2D eigenvalue weighted by Crippen LogP contribution is -2.64. The lowest BCUT2D eigenvalue weighted by atomic mass is 9.87. The van der Waals surface area contributed by atoms with Gasteiger partial charge in [-0.15, -0.1) is 0 Å². The first-order chi connectivity index (χ1) is 25.0. The number of nitrogens with one attached hydrogen (secondary N) is 7. The van der Waals surface area contributed by atoms with Gasteiger partial charge in [0.05, 0.1) is 25.8 Å². The number of nitrogens with two attached hydrogens (primary N) is 1. The SMILES string of the molecule is CC(=O)CNCC1NC(=O)C(C(=O)O)NC(=O)C(O)CNC(=O)C(C(C)O)NC(=O)C(C(O)C(O)C(N)=O)NC(=O)C(C(C)C)CC(=O)C(CO)NC1=O. The molecular weight excluding hydrogens is 728 g/mol. The first-order valence-electron chi connectivity index (χ1n) is 16.4. The van der Waals surface area contributed by atoms with E-state index < -0.39 is 151 Å². The third-order valence-electron chi connectivity index (χ3n) is 7.97. The number of hydrogen-bond acceptors (Lipinski definition) is 16. The van der Waals surface area contributed by atoms with Crippen molar-refractivity contribution in [3.8, 4) is 0 Å². The van der Waals surface area contributed by atoms with Crippen LogP contribution in [0.5, 0.6) is 0 Å². The summed E-state index contributed by atoms with van der Waals surface area (Å²) in [5.74, 6) is -15.4. The van der Waals surface area contributed by atoms with Crippen LogP contribution in [0.15, 0.2) is 0 Å². The van der Waals surface area contributed by atoms with E-state index >= 15 is 0 Å². The molecule has 0 saturated carbocycles. The fourth-order valence-corrected chi connectivity index (χ4v) is 4.79. The van der Waals surface area contributed by atoms with E-state index in [0.29, 0.717) is 0 Å². The van der Waals surface area contributed by atoms with E-state index in [2.05, 4.69) is 16.0 Å². The highest BCUT2D eigenvalue weighted by molar-refractivity contribution is 6.06. The zero-order chi connectivity index (χ0) is 41.6. The minimum atomic E-state index is -2.49. The van der Waals surface area contributed by atoms with Crippen LogP contribution < -0.4 is 43.0 Å². The summed E-state index contributed by atoms with van der Waals surface area (Å²) in [6, 6.07) is -10.3. The van der Waals surface area contributed by atoms with Crippen molar-refractivity contribution in [1.29, 1.82) is 0 Å². The second-order valence-corrected chi connectivity index (χ2v) is 12.8. The minimum Gasteiger partial charge on any atom is -0.479 e. The number of β-amino-alcohol motifs (C(OH)–C–C–N with tert-alkyl or cyclic N) is 1. The number of aliphatic carboxylic acids is 1. The molecule has 7 amide bonds. The van der Waals surface area contributed by atoms with Gasteiger partial charge < -0.3 is 73.6 Å². The molecule has 15 N–H and O–H groups in total. The molecule has 10 atom stereocenters. The van der Waals surface area contributed by atoms with Crippen LogP contribution in [0.2, 0.25) is 0 Å². The number of carbonyl (C=O) groups is 10. The molecule has 0 bridgehead atoms. The van der Waals surface area contributed by atoms with Gasteiger partial charge in [-0.25, -0.2) is 4.79 Å². The van der Waals surface area contributed by atoms with Gasteiger partial charge in [0.25, 0.3) is 11.8 Å². The van der Waals surface area contributed by atoms with Crippen molar-refractivity contribution in [2.75, 3.05) is 26.2 Å². The molecule has 0 aromatic rings. The first kappa shape index (κ1) is 46.9. The topological polar surface area (TPSA) is 402 Å². The lowest BCUT2D eigenvalue weighted by molar-refractivity contribution is -0.148. The van der Waals surface area contributed by atoms with Crippen LogP contribution in [0.1, 0.15) is 34.1 Å². The van der Waals surface area contributed by atoms with Crippen LogP contribution in [0.25, 0.3) is 0 Å². The molecule has 1 rings (SSSR count). The number of aliphatic hydroxyl groups excluding tert-OH is 5. The fourth-order valence-electron chi connectivity index (χ4n) is 4.79. The monoisotopic (exact) mass is 776 g/mol. The average Bonchev–Trinajstić information content (AvgIpc) is 3.08. The number of primary amides is 1. The van der Waals surface area contributed by atoms with Crippen molar-refractivity contribution in [3.63, 3.8) is 0 Å². The summed E-state index contributed by atoms with van der Waals surface area (Å²) in [6.45, 7) is 2.06. The molecular formula is C30H48N8O16. The number of Topliss-reactive ketones (excluding diaryl/α,β-unsaturated/α-hetero) is 2. The average molecular weight is 777 g/mol. The Morgan fingerprint density at radius 1 is 0.796 bits per heavy atom. The number of hydrogen-bond donors (Lipinski definition) is 14. The van der Waals surface area contributed by atoms with E-state index in [1.54, 1.807) is 5.32 Å². The van der Waals surface area contributed by atoms with Crippen molar-refractivity contribution < 1.29 is 78.6 Å². The fraction of sp³-hybridized carbons (Fsp3) is 0.667. The number of carboxylic acid groups (broad SMARTS) is 1. The van der Waals surface area contributed by atoms with Gasteiger partial charge in [0.1, 0.15) is 42.2 Å². The third-order valence-corrected chi connectivity index (χ3v) is 7.97. The zero-order valence-electron chi connectivity index (χ0n) is 29.7. The van der Waals surface area contributed by atoms with Crippen molar-refractivity contribution >= 4 is 58.9 Å². The van der Waals surface area contributed by atoms with E-state index in [9.17, 15) is 78.6 Å². The number of carbonyl (C=O) groups excluding carboxylic acids is 9. The van der Waals surface area contributed by atoms with E-state index in [1.165, 1.54) is 20.8 Å². The Labute approximate surface area is 307 Å². The highest BCUT2D eigenvalue weighted by Gasteiger charge is 2.41. The molecule has 1 fully saturated rings. The second-order valence-electron chi connectivity index (χ2n) is 12.8. The van der Waals surface area contributed by atoms with Gasteiger partial charge in [-0.1, -0.05) is 13.8 Å². The molecule has 304 valence electrons. The normalized spacial score (nSPS) is 27.7. The smallest absolute Gasteiger partial charge is 0.336 e. The Bertz CT molecular complexity index is 1440. The summed E-state index contributed by atoms with van der Waals surface area (Å²) in [5.41, 5.74) is 5.05. The van der Waals surface area contributed by atoms with Crippen LogP contribution in [-0.2, 0) is 47.9 Å². The molecule has 54 heavy (non-hydrogen) atoms. The van der Waals surface area contributed by atoms with Crippen LogP contribution in [0.4, 0.5) is 0 Å². The highest BCUT2D eigenvalue weighted by atomic mass is 16.4. The maximum absolute atomic E-state index is 13.5. The van der Waals surface area contributed by atoms with Crippen molar-refractivity contribution in [2.45, 2.75) is 88.7 Å². The van der Waals surface area contributed by atoms with Crippen molar-refractivity contribution in [1.82, 2.24) is 37.2 Å².